The average Bonchev–Trinajstić information content (AvgIpc) is 2.59. The topological polar surface area (TPSA) is 59.8 Å². The van der Waals surface area contributed by atoms with Crippen molar-refractivity contribution in [2.45, 2.75) is 25.1 Å². The summed E-state index contributed by atoms with van der Waals surface area (Å²) < 4.78 is 62.4. The van der Waals surface area contributed by atoms with Gasteiger partial charge in [0, 0.05) is 12.0 Å². The summed E-state index contributed by atoms with van der Waals surface area (Å²) in [4.78, 5) is 25.4. The van der Waals surface area contributed by atoms with Crippen molar-refractivity contribution in [2.24, 2.45) is 0 Å². The lowest BCUT2D eigenvalue weighted by Gasteiger charge is -2.34. The Morgan fingerprint density at radius 3 is 2.69 bits per heavy atom. The van der Waals surface area contributed by atoms with Crippen LogP contribution in [0.25, 0.3) is 11.0 Å². The van der Waals surface area contributed by atoms with Crippen LogP contribution in [0.15, 0.2) is 33.5 Å². The van der Waals surface area contributed by atoms with Crippen LogP contribution in [0.5, 0.6) is 0 Å². The minimum Gasteiger partial charge on any atom is -0.422 e. The molecule has 2 heterocycles. The molecule has 9 heteroatoms. The predicted octanol–water partition coefficient (Wildman–Crippen LogP) is 3.12. The lowest BCUT2D eigenvalue weighted by Crippen LogP contribution is -2.49. The Hall–Kier alpha value is -2.42. The van der Waals surface area contributed by atoms with E-state index >= 15 is 0 Å². The predicted molar refractivity (Wildman–Crippen MR) is 83.4 cm³/mol. The van der Waals surface area contributed by atoms with Gasteiger partial charge in [0.1, 0.15) is 23.5 Å². The van der Waals surface area contributed by atoms with Crippen LogP contribution < -0.4 is 5.63 Å². The summed E-state index contributed by atoms with van der Waals surface area (Å²) in [6.45, 7) is -1.15. The zero-order valence-electron chi connectivity index (χ0n) is 13.5. The second-order valence-electron chi connectivity index (χ2n) is 6.05. The first-order valence-corrected chi connectivity index (χ1v) is 7.93. The van der Waals surface area contributed by atoms with E-state index in [1.165, 1.54) is 6.07 Å². The molecule has 1 aliphatic heterocycles. The van der Waals surface area contributed by atoms with Crippen LogP contribution >= 0.6 is 0 Å². The molecule has 140 valence electrons. The van der Waals surface area contributed by atoms with Gasteiger partial charge >= 0.3 is 11.8 Å². The van der Waals surface area contributed by atoms with Crippen molar-refractivity contribution in [1.82, 2.24) is 4.90 Å². The molecule has 1 amide bonds. The monoisotopic (exact) mass is 373 g/mol. The highest BCUT2D eigenvalue weighted by Crippen LogP contribution is 2.24. The van der Waals surface area contributed by atoms with Crippen molar-refractivity contribution >= 4 is 16.9 Å². The number of benzene rings is 1. The highest BCUT2D eigenvalue weighted by Gasteiger charge is 2.38. The van der Waals surface area contributed by atoms with E-state index in [4.69, 9.17) is 9.15 Å². The Balaban J connectivity index is 2.01. The number of hydrogen-bond donors (Lipinski definition) is 0. The van der Waals surface area contributed by atoms with Gasteiger partial charge in [-0.2, -0.15) is 13.2 Å². The lowest BCUT2D eigenvalue weighted by molar-refractivity contribution is -0.148. The third-order valence-electron chi connectivity index (χ3n) is 4.11. The van der Waals surface area contributed by atoms with Gasteiger partial charge in [-0.3, -0.25) is 4.79 Å². The largest absolute Gasteiger partial charge is 0.422 e. The van der Waals surface area contributed by atoms with Crippen molar-refractivity contribution in [1.29, 1.82) is 0 Å². The van der Waals surface area contributed by atoms with E-state index in [9.17, 15) is 27.2 Å². The van der Waals surface area contributed by atoms with E-state index in [0.717, 1.165) is 18.2 Å². The van der Waals surface area contributed by atoms with Crippen LogP contribution in [0.4, 0.5) is 17.6 Å². The third-order valence-corrected chi connectivity index (χ3v) is 4.11. The van der Waals surface area contributed by atoms with Crippen molar-refractivity contribution < 1.29 is 31.5 Å². The fourth-order valence-corrected chi connectivity index (χ4v) is 2.93. The van der Waals surface area contributed by atoms with Crippen molar-refractivity contribution in [2.75, 3.05) is 19.8 Å². The summed E-state index contributed by atoms with van der Waals surface area (Å²) in [6, 6.07) is 3.57. The van der Waals surface area contributed by atoms with Crippen LogP contribution in [0.1, 0.15) is 23.2 Å². The molecule has 2 aromatic rings. The molecule has 1 aromatic heterocycles. The van der Waals surface area contributed by atoms with Gasteiger partial charge < -0.3 is 14.1 Å². The summed E-state index contributed by atoms with van der Waals surface area (Å²) in [5.41, 5.74) is -1.60. The van der Waals surface area contributed by atoms with Gasteiger partial charge in [0.2, 0.25) is 0 Å². The number of carbonyl (C=O) groups excluding carboxylic acids is 1. The van der Waals surface area contributed by atoms with Gasteiger partial charge in [-0.25, -0.2) is 9.18 Å². The number of carbonyl (C=O) groups is 1. The van der Waals surface area contributed by atoms with E-state index in [-0.39, 0.29) is 17.6 Å². The third kappa shape index (κ3) is 4.04. The summed E-state index contributed by atoms with van der Waals surface area (Å²) in [6.07, 6.45) is -3.81. The van der Waals surface area contributed by atoms with Crippen LogP contribution in [0, 0.1) is 5.82 Å². The van der Waals surface area contributed by atoms with E-state index in [1.807, 2.05) is 0 Å². The Labute approximate surface area is 145 Å². The van der Waals surface area contributed by atoms with E-state index < -0.39 is 41.7 Å². The average molecular weight is 373 g/mol. The first-order valence-electron chi connectivity index (χ1n) is 7.93. The molecule has 1 atom stereocenters. The van der Waals surface area contributed by atoms with Crippen molar-refractivity contribution in [3.63, 3.8) is 0 Å². The van der Waals surface area contributed by atoms with Crippen LogP contribution in [-0.4, -0.2) is 42.8 Å². The maximum absolute atomic E-state index is 13.4. The molecule has 3 rings (SSSR count). The first-order chi connectivity index (χ1) is 12.2. The number of halogens is 4. The van der Waals surface area contributed by atoms with Gasteiger partial charge in [-0.05, 0) is 37.1 Å². The number of fused-ring (bicyclic) bond motifs is 1. The fraction of sp³-hybridized carbons (Fsp3) is 0.412. The number of rotatable bonds is 3. The second kappa shape index (κ2) is 7.06. The number of nitrogens with zero attached hydrogens (tertiary/aromatic N) is 1. The van der Waals surface area contributed by atoms with Gasteiger partial charge in [0.15, 0.2) is 0 Å². The molecule has 0 spiro atoms. The fourth-order valence-electron chi connectivity index (χ4n) is 2.93. The standard InChI is InChI=1S/C17H15F4NO4/c18-11-3-4-14-10(6-11)7-13(16(24)26-14)15(23)22(9-17(19,20)21)12-2-1-5-25-8-12/h3-4,6-7,12H,1-2,5,8-9H2/t12-/m1/s1. The Morgan fingerprint density at radius 2 is 2.04 bits per heavy atom. The summed E-state index contributed by atoms with van der Waals surface area (Å²) in [7, 11) is 0. The van der Waals surface area contributed by atoms with Gasteiger partial charge in [-0.15, -0.1) is 0 Å². The van der Waals surface area contributed by atoms with Gasteiger partial charge in [0.25, 0.3) is 5.91 Å². The number of amides is 1. The molecule has 0 N–H and O–H groups in total. The Morgan fingerprint density at radius 1 is 1.27 bits per heavy atom. The SMILES string of the molecule is O=C(c1cc2cc(F)ccc2oc1=O)N(CC(F)(F)F)[C@@H]1CCCOC1. The van der Waals surface area contributed by atoms with Crippen molar-refractivity contribution in [3.8, 4) is 0 Å². The molecule has 0 radical (unpaired) electrons. The second-order valence-corrected chi connectivity index (χ2v) is 6.05. The molecular formula is C17H15F4NO4. The van der Waals surface area contributed by atoms with Gasteiger partial charge in [0.05, 0.1) is 12.6 Å². The molecule has 0 aliphatic carbocycles. The molecule has 0 unspecified atom stereocenters. The maximum Gasteiger partial charge on any atom is 0.406 e. The summed E-state index contributed by atoms with van der Waals surface area (Å²) in [5, 5.41) is 0.111. The van der Waals surface area contributed by atoms with Crippen LogP contribution in [0.3, 0.4) is 0 Å². The molecule has 0 bridgehead atoms. The normalized spacial score (nSPS) is 18.1. The molecule has 1 fully saturated rings. The highest BCUT2D eigenvalue weighted by atomic mass is 19.4. The highest BCUT2D eigenvalue weighted by molar-refractivity contribution is 5.96. The summed E-state index contributed by atoms with van der Waals surface area (Å²) >= 11 is 0. The van der Waals surface area contributed by atoms with Crippen LogP contribution in [-0.2, 0) is 4.74 Å². The zero-order valence-corrected chi connectivity index (χ0v) is 13.5. The Bertz CT molecular complexity index is 871. The maximum atomic E-state index is 13.4. The molecule has 1 aliphatic rings. The minimum absolute atomic E-state index is 0.0383. The molecule has 0 saturated carbocycles. The first kappa shape index (κ1) is 18.4. The number of ether oxygens (including phenoxy) is 1. The number of alkyl halides is 3. The molecule has 1 aromatic carbocycles. The van der Waals surface area contributed by atoms with Gasteiger partial charge in [-0.1, -0.05) is 0 Å². The minimum atomic E-state index is -4.64. The molecule has 26 heavy (non-hydrogen) atoms. The zero-order chi connectivity index (χ0) is 18.9. The smallest absolute Gasteiger partial charge is 0.406 e. The summed E-state index contributed by atoms with van der Waals surface area (Å²) in [5.74, 6) is -1.74. The quantitative estimate of drug-likeness (QED) is 0.613. The number of hydrogen-bond acceptors (Lipinski definition) is 4. The van der Waals surface area contributed by atoms with E-state index in [0.29, 0.717) is 24.3 Å². The molecular weight excluding hydrogens is 358 g/mol. The molecule has 5 nitrogen and oxygen atoms in total. The van der Waals surface area contributed by atoms with Crippen LogP contribution in [0.2, 0.25) is 0 Å². The lowest BCUT2D eigenvalue weighted by atomic mass is 10.1. The van der Waals surface area contributed by atoms with E-state index in [2.05, 4.69) is 0 Å². The van der Waals surface area contributed by atoms with Crippen molar-refractivity contribution in [3.05, 3.63) is 46.1 Å². The molecule has 1 saturated heterocycles. The van der Waals surface area contributed by atoms with E-state index in [1.54, 1.807) is 0 Å². The Kier molecular flexibility index (Phi) is 4.99.